The first-order valence-electron chi connectivity index (χ1n) is 30.3. The normalized spacial score (nSPS) is 14.1. The van der Waals surface area contributed by atoms with E-state index in [4.69, 9.17) is 8.92 Å². The lowest BCUT2D eigenvalue weighted by Gasteiger charge is -2.32. The summed E-state index contributed by atoms with van der Waals surface area (Å²) in [6.07, 6.45) is -1.72. The predicted octanol–water partition coefficient (Wildman–Crippen LogP) is 1.12. The average Bonchev–Trinajstić information content (AvgIpc) is 0.913. The first kappa shape index (κ1) is 78.1. The smallest absolute Gasteiger partial charge is 0.408 e. The zero-order valence-electron chi connectivity index (χ0n) is 54.9. The Morgan fingerprint density at radius 1 is 0.527 bits per heavy atom. The lowest BCUT2D eigenvalue weighted by atomic mass is 10.00. The van der Waals surface area contributed by atoms with Gasteiger partial charge in [0.05, 0.1) is 37.4 Å². The van der Waals surface area contributed by atoms with Gasteiger partial charge in [0.15, 0.2) is 0 Å². The fourth-order valence-electron chi connectivity index (χ4n) is 9.00. The van der Waals surface area contributed by atoms with Crippen molar-refractivity contribution in [2.75, 3.05) is 40.8 Å². The third-order valence-corrected chi connectivity index (χ3v) is 15.2. The van der Waals surface area contributed by atoms with E-state index >= 15 is 0 Å². The molecule has 0 aliphatic heterocycles. The number of aliphatic hydroxyl groups excluding tert-OH is 1. The van der Waals surface area contributed by atoms with Crippen LogP contribution in [0.25, 0.3) is 0 Å². The Hall–Kier alpha value is -9.12. The fraction of sp³-hybridized carbons (Fsp3) is 0.516. The summed E-state index contributed by atoms with van der Waals surface area (Å²) >= 11 is 0.766. The average molecular weight is 1320 g/mol. The molecule has 0 bridgehead atoms. The van der Waals surface area contributed by atoms with Crippen LogP contribution in [0.15, 0.2) is 91.0 Å². The fourth-order valence-corrected chi connectivity index (χ4v) is 9.59. The van der Waals surface area contributed by atoms with Crippen molar-refractivity contribution in [3.8, 4) is 0 Å². The van der Waals surface area contributed by atoms with Gasteiger partial charge in [-0.15, -0.1) is 0 Å². The lowest BCUT2D eigenvalue weighted by Crippen LogP contribution is -2.61. The number of carbonyl (C=O) groups excluding carboxylic acids is 12. The Morgan fingerprint density at radius 2 is 1.06 bits per heavy atom. The molecule has 0 aromatic heterocycles. The summed E-state index contributed by atoms with van der Waals surface area (Å²) < 4.78 is 10.5. The zero-order valence-corrected chi connectivity index (χ0v) is 55.8. The van der Waals surface area contributed by atoms with Crippen molar-refractivity contribution in [1.82, 2.24) is 57.2 Å². The maximum Gasteiger partial charge on any atom is 0.408 e. The SMILES string of the molecule is CC(C)C[C@@H](C(=O)N[C@@H](C)C(=O)N[C@H](C(=O)N[C@@H](Cc1ccccc1)C(=O)N[C@@H](CC(=O)OSCc1ccccc1)C(=O)N(C)[C@@H](C)C(=O)N[C@@H](CO)C(=O)O)C(C)C)N(C)C(=O)CNC(=O)[C@H](Cc1ccccc1)N(C)C(=O)[C@H](C)NC(=O)CNC(=O)OC(C)(C)C. The molecule has 0 unspecified atom stereocenters. The molecule has 0 aliphatic rings. The summed E-state index contributed by atoms with van der Waals surface area (Å²) in [6, 6.07) is 13.4. The number of aliphatic carboxylic acids is 1. The number of alkyl carbamates (subject to hydrolysis) is 1. The molecule has 0 fully saturated rings. The number of carboxylic acids is 1. The zero-order chi connectivity index (χ0) is 69.9. The maximum absolute atomic E-state index is 14.5. The van der Waals surface area contributed by atoms with E-state index < -0.39 is 169 Å². The summed E-state index contributed by atoms with van der Waals surface area (Å²) in [7, 11) is 3.88. The maximum atomic E-state index is 14.5. The van der Waals surface area contributed by atoms with E-state index in [2.05, 4.69) is 42.5 Å². The summed E-state index contributed by atoms with van der Waals surface area (Å²) in [4.78, 5) is 179. The van der Waals surface area contributed by atoms with Crippen LogP contribution in [0.3, 0.4) is 0 Å². The van der Waals surface area contributed by atoms with Gasteiger partial charge in [0.25, 0.3) is 0 Å². The van der Waals surface area contributed by atoms with Gasteiger partial charge in [-0.05, 0) is 76.5 Å². The van der Waals surface area contributed by atoms with Crippen LogP contribution in [0.2, 0.25) is 0 Å². The van der Waals surface area contributed by atoms with E-state index in [1.807, 2.05) is 0 Å². The molecule has 3 aromatic carbocycles. The molecule has 0 aliphatic carbocycles. The van der Waals surface area contributed by atoms with E-state index in [9.17, 15) is 72.5 Å². The molecule has 93 heavy (non-hydrogen) atoms. The van der Waals surface area contributed by atoms with Gasteiger partial charge in [0, 0.05) is 34.0 Å². The van der Waals surface area contributed by atoms with Gasteiger partial charge >= 0.3 is 18.0 Å². The highest BCUT2D eigenvalue weighted by atomic mass is 32.2. The number of hydrogen-bond donors (Lipinski definition) is 10. The van der Waals surface area contributed by atoms with Crippen LogP contribution in [-0.4, -0.2) is 203 Å². The molecule has 0 radical (unpaired) electrons. The molecule has 28 nitrogen and oxygen atoms in total. The molecule has 0 heterocycles. The standard InChI is InChI=1S/C64H91N11O17S/c1-37(2)29-48(74(12)51(78)34-65-57(83)49(31-43-25-19-15-20-26-43)75(13)60(86)40(6)67-50(77)33-66-63(90)91-64(8,9)10)58(84)68-39(5)54(80)72-53(38(3)4)59(85)69-45(30-42-23-17-14-18-24-42)56(82)70-46(32-52(79)92-93-36-44-27-21-16-22-28-44)61(87)73(11)41(7)55(81)71-47(35-76)62(88)89/h14-28,37-41,45-49,53,76H,29-36H2,1-13H3,(H,65,83)(H,66,90)(H,67,77)(H,68,84)(H,69,85)(H,70,82)(H,71,81)(H,72,80)(H,88,89)/t39-,40-,41-,45-,46-,47-,48-,49-,53-/m0/s1. The molecule has 29 heteroatoms. The first-order chi connectivity index (χ1) is 43.6. The van der Waals surface area contributed by atoms with E-state index in [0.29, 0.717) is 11.1 Å². The number of nitrogens with one attached hydrogen (secondary N) is 8. The Balaban J connectivity index is 1.81. The number of benzene rings is 3. The number of carbonyl (C=O) groups is 13. The number of aliphatic hydroxyl groups is 1. The molecule has 0 spiro atoms. The predicted molar refractivity (Wildman–Crippen MR) is 343 cm³/mol. The van der Waals surface area contributed by atoms with Crippen molar-refractivity contribution in [2.24, 2.45) is 11.8 Å². The third kappa shape index (κ3) is 26.9. The first-order valence-corrected chi connectivity index (χ1v) is 31.2. The van der Waals surface area contributed by atoms with Crippen molar-refractivity contribution in [2.45, 2.75) is 161 Å². The molecule has 510 valence electrons. The minimum absolute atomic E-state index is 0.00500. The van der Waals surface area contributed by atoms with Crippen molar-refractivity contribution >= 4 is 89.1 Å². The summed E-state index contributed by atoms with van der Waals surface area (Å²) in [6.45, 7) is 13.7. The van der Waals surface area contributed by atoms with Gasteiger partial charge < -0.3 is 76.4 Å². The van der Waals surface area contributed by atoms with Crippen LogP contribution in [0.1, 0.15) is 98.8 Å². The second-order valence-electron chi connectivity index (χ2n) is 24.1. The Bertz CT molecular complexity index is 3050. The van der Waals surface area contributed by atoms with Gasteiger partial charge in [0.2, 0.25) is 59.1 Å². The van der Waals surface area contributed by atoms with E-state index in [0.717, 1.165) is 32.3 Å². The molecule has 3 rings (SSSR count). The monoisotopic (exact) mass is 1320 g/mol. The van der Waals surface area contributed by atoms with E-state index in [1.165, 1.54) is 41.9 Å². The van der Waals surface area contributed by atoms with Gasteiger partial charge in [-0.2, -0.15) is 0 Å². The second kappa shape index (κ2) is 38.0. The van der Waals surface area contributed by atoms with Crippen molar-refractivity contribution in [3.63, 3.8) is 0 Å². The highest BCUT2D eigenvalue weighted by Gasteiger charge is 2.38. The van der Waals surface area contributed by atoms with Crippen molar-refractivity contribution < 1.29 is 81.5 Å². The van der Waals surface area contributed by atoms with Crippen LogP contribution in [-0.2, 0) is 85.0 Å². The number of ether oxygens (including phenoxy) is 1. The van der Waals surface area contributed by atoms with Gasteiger partial charge in [-0.1, -0.05) is 119 Å². The van der Waals surface area contributed by atoms with Crippen LogP contribution in [0, 0.1) is 11.8 Å². The van der Waals surface area contributed by atoms with Crippen LogP contribution < -0.4 is 42.5 Å². The largest absolute Gasteiger partial charge is 0.480 e. The quantitative estimate of drug-likeness (QED) is 0.0369. The van der Waals surface area contributed by atoms with E-state index in [-0.39, 0.29) is 30.9 Å². The minimum Gasteiger partial charge on any atom is -0.480 e. The van der Waals surface area contributed by atoms with Crippen LogP contribution >= 0.6 is 12.0 Å². The topological polar surface area (TPSA) is 387 Å². The van der Waals surface area contributed by atoms with Gasteiger partial charge in [0.1, 0.15) is 66.5 Å². The van der Waals surface area contributed by atoms with Gasteiger partial charge in [-0.3, -0.25) is 52.7 Å². The highest BCUT2D eigenvalue weighted by Crippen LogP contribution is 2.18. The lowest BCUT2D eigenvalue weighted by molar-refractivity contribution is -0.147. The van der Waals surface area contributed by atoms with Gasteiger partial charge in [-0.25, -0.2) is 9.59 Å². The minimum atomic E-state index is -1.74. The molecular weight excluding hydrogens is 1230 g/mol. The Labute approximate surface area is 546 Å². The molecule has 11 amide bonds. The Kier molecular flexibility index (Phi) is 31.9. The van der Waals surface area contributed by atoms with Crippen LogP contribution in [0.5, 0.6) is 0 Å². The summed E-state index contributed by atoms with van der Waals surface area (Å²) in [5, 5.41) is 38.9. The van der Waals surface area contributed by atoms with E-state index in [1.54, 1.807) is 139 Å². The van der Waals surface area contributed by atoms with Crippen molar-refractivity contribution in [3.05, 3.63) is 108 Å². The molecule has 10 N–H and O–H groups in total. The molecule has 9 atom stereocenters. The number of likely N-dealkylation sites (N-methyl/N-ethyl adjacent to an activating group) is 3. The molecule has 3 aromatic rings. The molecular formula is C64H91N11O17S. The third-order valence-electron chi connectivity index (χ3n) is 14.4. The number of carboxylic acid groups (broad SMARTS) is 1. The number of nitrogens with zero attached hydrogens (tertiary/aromatic N) is 3. The summed E-state index contributed by atoms with van der Waals surface area (Å²) in [5.74, 6) is -11.4. The number of rotatable bonds is 35. The van der Waals surface area contributed by atoms with Crippen LogP contribution in [0.4, 0.5) is 4.79 Å². The second-order valence-corrected chi connectivity index (χ2v) is 24.7. The number of hydrogen-bond acceptors (Lipinski definition) is 17. The van der Waals surface area contributed by atoms with Crippen molar-refractivity contribution in [1.29, 1.82) is 0 Å². The molecule has 0 saturated carbocycles. The summed E-state index contributed by atoms with van der Waals surface area (Å²) in [5.41, 5.74) is 1.19. The molecule has 0 saturated heterocycles. The Morgan fingerprint density at radius 3 is 1.59 bits per heavy atom. The number of amides is 11. The highest BCUT2D eigenvalue weighted by molar-refractivity contribution is 7.94.